The lowest BCUT2D eigenvalue weighted by molar-refractivity contribution is -0.354. The summed E-state index contributed by atoms with van der Waals surface area (Å²) in [5, 5.41) is 50.9. The highest BCUT2D eigenvalue weighted by Gasteiger charge is 2.80. The molecular formula is C24H30O11. The smallest absolute Gasteiger partial charge is 0.342 e. The van der Waals surface area contributed by atoms with Crippen molar-refractivity contribution in [3.63, 3.8) is 0 Å². The van der Waals surface area contributed by atoms with Gasteiger partial charge in [-0.1, -0.05) is 43.8 Å². The zero-order valence-corrected chi connectivity index (χ0v) is 19.4. The van der Waals surface area contributed by atoms with Gasteiger partial charge in [0.25, 0.3) is 0 Å². The molecule has 7 atom stereocenters. The molecule has 0 amide bonds. The molecule has 0 spiro atoms. The minimum atomic E-state index is -3.15. The minimum Gasteiger partial charge on any atom is -0.479 e. The topological polar surface area (TPSA) is 180 Å². The summed E-state index contributed by atoms with van der Waals surface area (Å²) in [5.41, 5.74) is -4.79. The fourth-order valence-corrected chi connectivity index (χ4v) is 4.82. The van der Waals surface area contributed by atoms with Gasteiger partial charge in [-0.25, -0.2) is 9.59 Å². The third-order valence-electron chi connectivity index (χ3n) is 6.72. The molecule has 0 aliphatic carbocycles. The number of esters is 1. The van der Waals surface area contributed by atoms with E-state index in [1.807, 2.05) is 37.3 Å². The standard InChI is InChI=1S/C24H30O11/c1-13(17(34-15(3)25)14(2)11-16-7-5-4-6-8-16)9-10-23-18(26)19(27)24(35-23,21(30)31)22(32,12-33-23)20(28)29/h4-8,14,17-19,26-27,32H,1,9-12H2,2-3H3,(H,28,29)(H,30,31)/t14-,17-,18-,19-,22-,23+,24+/m1/s1. The molecule has 0 aromatic heterocycles. The number of hydrogen-bond acceptors (Lipinski definition) is 9. The van der Waals surface area contributed by atoms with Crippen LogP contribution in [0.15, 0.2) is 42.5 Å². The van der Waals surface area contributed by atoms with Crippen LogP contribution in [-0.2, 0) is 35.0 Å². The van der Waals surface area contributed by atoms with Gasteiger partial charge in [0.05, 0.1) is 6.61 Å². The van der Waals surface area contributed by atoms with Crippen LogP contribution in [0.25, 0.3) is 0 Å². The number of rotatable bonds is 10. The van der Waals surface area contributed by atoms with Crippen LogP contribution in [0.2, 0.25) is 0 Å². The molecule has 1 aromatic rings. The molecule has 2 aliphatic heterocycles. The number of aliphatic carboxylic acids is 2. The summed E-state index contributed by atoms with van der Waals surface area (Å²) in [6.07, 6.45) is -4.74. The van der Waals surface area contributed by atoms with Crippen LogP contribution < -0.4 is 0 Å². The third kappa shape index (κ3) is 4.45. The first-order valence-corrected chi connectivity index (χ1v) is 11.1. The Hall–Kier alpha value is -2.83. The van der Waals surface area contributed by atoms with Crippen molar-refractivity contribution in [2.75, 3.05) is 6.61 Å². The van der Waals surface area contributed by atoms with Crippen LogP contribution in [-0.4, -0.2) is 85.3 Å². The van der Waals surface area contributed by atoms with Crippen molar-refractivity contribution >= 4 is 17.9 Å². The summed E-state index contributed by atoms with van der Waals surface area (Å²) < 4.78 is 16.3. The summed E-state index contributed by atoms with van der Waals surface area (Å²) in [7, 11) is 0. The van der Waals surface area contributed by atoms with Crippen molar-refractivity contribution in [3.05, 3.63) is 48.0 Å². The maximum absolute atomic E-state index is 12.0. The van der Waals surface area contributed by atoms with Gasteiger partial charge >= 0.3 is 17.9 Å². The van der Waals surface area contributed by atoms with E-state index in [0.717, 1.165) is 5.56 Å². The van der Waals surface area contributed by atoms with Crippen molar-refractivity contribution in [1.82, 2.24) is 0 Å². The van der Waals surface area contributed by atoms with Crippen LogP contribution in [0.4, 0.5) is 0 Å². The molecule has 1 aromatic carbocycles. The van der Waals surface area contributed by atoms with E-state index in [-0.39, 0.29) is 18.8 Å². The third-order valence-corrected chi connectivity index (χ3v) is 6.72. The van der Waals surface area contributed by atoms with Crippen LogP contribution in [0.1, 0.15) is 32.3 Å². The van der Waals surface area contributed by atoms with E-state index < -0.39 is 59.8 Å². The molecule has 2 fully saturated rings. The van der Waals surface area contributed by atoms with Crippen LogP contribution in [0.3, 0.4) is 0 Å². The first kappa shape index (κ1) is 26.8. The van der Waals surface area contributed by atoms with E-state index in [1.165, 1.54) is 6.92 Å². The second-order valence-corrected chi connectivity index (χ2v) is 9.15. The Kier molecular flexibility index (Phi) is 7.39. The number of carbonyl (C=O) groups is 3. The number of carboxylic acids is 2. The minimum absolute atomic E-state index is 0.00204. The fourth-order valence-electron chi connectivity index (χ4n) is 4.82. The van der Waals surface area contributed by atoms with E-state index >= 15 is 0 Å². The Morgan fingerprint density at radius 3 is 2.31 bits per heavy atom. The summed E-state index contributed by atoms with van der Waals surface area (Å²) in [4.78, 5) is 35.5. The van der Waals surface area contributed by atoms with E-state index in [1.54, 1.807) is 0 Å². The second kappa shape index (κ2) is 9.67. The molecule has 3 rings (SSSR count). The summed E-state index contributed by atoms with van der Waals surface area (Å²) in [6, 6.07) is 9.50. The maximum atomic E-state index is 12.0. The van der Waals surface area contributed by atoms with Gasteiger partial charge < -0.3 is 39.7 Å². The molecule has 2 aliphatic rings. The summed E-state index contributed by atoms with van der Waals surface area (Å²) >= 11 is 0. The number of aliphatic hydroxyl groups excluding tert-OH is 2. The number of fused-ring (bicyclic) bond motifs is 2. The van der Waals surface area contributed by atoms with Gasteiger partial charge in [0.15, 0.2) is 5.79 Å². The normalized spacial score (nSPS) is 33.5. The molecule has 0 radical (unpaired) electrons. The Bertz CT molecular complexity index is 994. The first-order chi connectivity index (χ1) is 16.3. The zero-order chi connectivity index (χ0) is 26.2. The predicted octanol–water partition coefficient (Wildman–Crippen LogP) is 0.251. The van der Waals surface area contributed by atoms with E-state index in [2.05, 4.69) is 6.58 Å². The quantitative estimate of drug-likeness (QED) is 0.222. The number of benzene rings is 1. The van der Waals surface area contributed by atoms with E-state index in [0.29, 0.717) is 12.0 Å². The van der Waals surface area contributed by atoms with Gasteiger partial charge in [-0.15, -0.1) is 0 Å². The molecule has 0 saturated carbocycles. The number of carboxylic acid groups (broad SMARTS) is 2. The predicted molar refractivity (Wildman–Crippen MR) is 118 cm³/mol. The lowest BCUT2D eigenvalue weighted by Crippen LogP contribution is -2.73. The van der Waals surface area contributed by atoms with Crippen LogP contribution in [0.5, 0.6) is 0 Å². The molecule has 2 bridgehead atoms. The lowest BCUT2D eigenvalue weighted by atomic mass is 9.78. The van der Waals surface area contributed by atoms with Crippen molar-refractivity contribution in [1.29, 1.82) is 0 Å². The maximum Gasteiger partial charge on any atom is 0.342 e. The lowest BCUT2D eigenvalue weighted by Gasteiger charge is -2.45. The molecule has 11 nitrogen and oxygen atoms in total. The zero-order valence-electron chi connectivity index (χ0n) is 19.4. The van der Waals surface area contributed by atoms with Crippen LogP contribution in [0, 0.1) is 5.92 Å². The average molecular weight is 494 g/mol. The Labute approximate surface area is 201 Å². The number of carbonyl (C=O) groups excluding carboxylic acids is 1. The molecule has 0 unspecified atom stereocenters. The van der Waals surface area contributed by atoms with Crippen molar-refractivity contribution < 1.29 is 54.1 Å². The summed E-state index contributed by atoms with van der Waals surface area (Å²) in [5.74, 6) is -6.82. The van der Waals surface area contributed by atoms with Gasteiger partial charge in [0.1, 0.15) is 18.3 Å². The average Bonchev–Trinajstić information content (AvgIpc) is 3.00. The number of aliphatic hydroxyl groups is 3. The van der Waals surface area contributed by atoms with Gasteiger partial charge in [0, 0.05) is 19.3 Å². The molecule has 5 N–H and O–H groups in total. The van der Waals surface area contributed by atoms with Crippen LogP contribution >= 0.6 is 0 Å². The molecular weight excluding hydrogens is 464 g/mol. The van der Waals surface area contributed by atoms with Gasteiger partial charge in [-0.3, -0.25) is 4.79 Å². The first-order valence-electron chi connectivity index (χ1n) is 11.1. The summed E-state index contributed by atoms with van der Waals surface area (Å²) in [6.45, 7) is 6.07. The molecule has 2 saturated heterocycles. The van der Waals surface area contributed by atoms with E-state index in [4.69, 9.17) is 14.2 Å². The molecule has 2 heterocycles. The highest BCUT2D eigenvalue weighted by Crippen LogP contribution is 2.52. The highest BCUT2D eigenvalue weighted by atomic mass is 16.8. The second-order valence-electron chi connectivity index (χ2n) is 9.15. The van der Waals surface area contributed by atoms with Gasteiger partial charge in [0.2, 0.25) is 11.2 Å². The Balaban J connectivity index is 1.81. The van der Waals surface area contributed by atoms with Gasteiger partial charge in [-0.05, 0) is 24.0 Å². The molecule has 35 heavy (non-hydrogen) atoms. The van der Waals surface area contributed by atoms with Crippen molar-refractivity contribution in [2.45, 2.75) is 68.4 Å². The highest BCUT2D eigenvalue weighted by molar-refractivity contribution is 5.92. The van der Waals surface area contributed by atoms with E-state index in [9.17, 15) is 39.9 Å². The Morgan fingerprint density at radius 1 is 1.14 bits per heavy atom. The molecule has 192 valence electrons. The van der Waals surface area contributed by atoms with Crippen molar-refractivity contribution in [3.8, 4) is 0 Å². The molecule has 11 heteroatoms. The fraction of sp³-hybridized carbons (Fsp3) is 0.542. The monoisotopic (exact) mass is 494 g/mol. The SMILES string of the molecule is C=C(CC[C@]12OC[C@@](O)(C(=O)O)[C@](C(=O)O)(O1)[C@H](O)[C@H]2O)[C@@H](OC(C)=O)[C@H](C)Cc1ccccc1. The number of ether oxygens (including phenoxy) is 3. The largest absolute Gasteiger partial charge is 0.479 e. The number of hydrogen-bond donors (Lipinski definition) is 5. The van der Waals surface area contributed by atoms with Crippen molar-refractivity contribution in [2.24, 2.45) is 5.92 Å². The van der Waals surface area contributed by atoms with Gasteiger partial charge in [-0.2, -0.15) is 0 Å². The Morgan fingerprint density at radius 2 is 1.77 bits per heavy atom.